The molecule has 0 aliphatic carbocycles. The van der Waals surface area contributed by atoms with Gasteiger partial charge in [-0.3, -0.25) is 9.78 Å². The second-order valence-electron chi connectivity index (χ2n) is 3.78. The van der Waals surface area contributed by atoms with Crippen LogP contribution < -0.4 is 21.9 Å². The Kier molecular flexibility index (Phi) is 3.77. The highest BCUT2D eigenvalue weighted by atomic mass is 16.2. The topological polar surface area (TPSA) is 107 Å². The first-order valence-corrected chi connectivity index (χ1v) is 5.56. The van der Waals surface area contributed by atoms with E-state index in [1.165, 1.54) is 0 Å². The Labute approximate surface area is 107 Å². The van der Waals surface area contributed by atoms with Gasteiger partial charge in [0, 0.05) is 12.7 Å². The van der Waals surface area contributed by atoms with Crippen LogP contribution >= 0.6 is 0 Å². The monoisotopic (exact) mass is 260 g/mol. The quantitative estimate of drug-likeness (QED) is 0.641. The number of carbonyl (C=O) groups excluding carboxylic acids is 1. The average Bonchev–Trinajstić information content (AvgIpc) is 2.41. The van der Waals surface area contributed by atoms with Crippen LogP contribution in [0.2, 0.25) is 0 Å². The minimum absolute atomic E-state index is 0.0230. The van der Waals surface area contributed by atoms with Gasteiger partial charge in [0.15, 0.2) is 0 Å². The first kappa shape index (κ1) is 12.6. The number of hydrogen-bond acceptors (Lipinski definition) is 3. The Balaban J connectivity index is 1.95. The normalized spacial score (nSPS) is 9.89. The second-order valence-corrected chi connectivity index (χ2v) is 3.78. The number of aromatic nitrogens is 2. The van der Waals surface area contributed by atoms with Crippen molar-refractivity contribution in [3.05, 3.63) is 62.9 Å². The molecule has 1 heterocycles. The number of H-pyrrole nitrogens is 2. The number of benzene rings is 1. The smallest absolute Gasteiger partial charge is 0.325 e. The molecule has 1 aromatic heterocycles. The predicted octanol–water partition coefficient (Wildman–Crippen LogP) is 0.385. The van der Waals surface area contributed by atoms with Gasteiger partial charge in [0.25, 0.3) is 5.56 Å². The minimum atomic E-state index is -0.654. The molecule has 0 fully saturated rings. The molecule has 7 nitrogen and oxygen atoms in total. The number of anilines is 1. The SMILES string of the molecule is O=C(NCc1ccccc1)Nc1c[nH]c(=O)[nH]c1=O. The molecule has 1 aromatic carbocycles. The Bertz CT molecular complexity index is 675. The summed E-state index contributed by atoms with van der Waals surface area (Å²) in [6.07, 6.45) is 1.14. The van der Waals surface area contributed by atoms with Gasteiger partial charge < -0.3 is 15.6 Å². The largest absolute Gasteiger partial charge is 0.334 e. The minimum Gasteiger partial charge on any atom is -0.334 e. The molecule has 0 saturated carbocycles. The van der Waals surface area contributed by atoms with Crippen LogP contribution in [0, 0.1) is 0 Å². The van der Waals surface area contributed by atoms with Crippen molar-refractivity contribution in [3.8, 4) is 0 Å². The summed E-state index contributed by atoms with van der Waals surface area (Å²) in [5.41, 5.74) is -0.364. The Morgan fingerprint density at radius 1 is 1.16 bits per heavy atom. The fraction of sp³-hybridized carbons (Fsp3) is 0.0833. The van der Waals surface area contributed by atoms with Crippen LogP contribution in [-0.4, -0.2) is 16.0 Å². The molecular weight excluding hydrogens is 248 g/mol. The third-order valence-corrected chi connectivity index (χ3v) is 2.36. The number of amides is 2. The number of rotatable bonds is 3. The van der Waals surface area contributed by atoms with Gasteiger partial charge in [-0.25, -0.2) is 9.59 Å². The highest BCUT2D eigenvalue weighted by Gasteiger charge is 2.05. The van der Waals surface area contributed by atoms with Gasteiger partial charge >= 0.3 is 11.7 Å². The van der Waals surface area contributed by atoms with Crippen LogP contribution in [0.1, 0.15) is 5.56 Å². The van der Waals surface area contributed by atoms with E-state index >= 15 is 0 Å². The third kappa shape index (κ3) is 3.56. The van der Waals surface area contributed by atoms with Crippen molar-refractivity contribution in [3.63, 3.8) is 0 Å². The molecule has 0 aliphatic heterocycles. The van der Waals surface area contributed by atoms with Gasteiger partial charge in [-0.15, -0.1) is 0 Å². The van der Waals surface area contributed by atoms with E-state index in [4.69, 9.17) is 0 Å². The summed E-state index contributed by atoms with van der Waals surface area (Å²) in [5, 5.41) is 4.94. The van der Waals surface area contributed by atoms with Gasteiger partial charge in [-0.2, -0.15) is 0 Å². The molecule has 2 amide bonds. The molecule has 0 aliphatic rings. The summed E-state index contributed by atoms with van der Waals surface area (Å²) < 4.78 is 0. The van der Waals surface area contributed by atoms with Gasteiger partial charge in [-0.05, 0) is 5.56 Å². The summed E-state index contributed by atoms with van der Waals surface area (Å²) in [4.78, 5) is 38.0. The molecule has 4 N–H and O–H groups in total. The Hall–Kier alpha value is -2.83. The van der Waals surface area contributed by atoms with Crippen LogP contribution in [0.3, 0.4) is 0 Å². The predicted molar refractivity (Wildman–Crippen MR) is 70.0 cm³/mol. The Morgan fingerprint density at radius 3 is 2.58 bits per heavy atom. The van der Waals surface area contributed by atoms with E-state index in [0.29, 0.717) is 6.54 Å². The van der Waals surface area contributed by atoms with Crippen LogP contribution in [0.5, 0.6) is 0 Å². The molecule has 2 rings (SSSR count). The molecule has 0 unspecified atom stereocenters. The van der Waals surface area contributed by atoms with E-state index in [0.717, 1.165) is 11.8 Å². The van der Waals surface area contributed by atoms with E-state index in [1.54, 1.807) is 0 Å². The fourth-order valence-electron chi connectivity index (χ4n) is 1.45. The van der Waals surface area contributed by atoms with E-state index in [1.807, 2.05) is 35.3 Å². The fourth-order valence-corrected chi connectivity index (χ4v) is 1.45. The first-order chi connectivity index (χ1) is 9.15. The zero-order chi connectivity index (χ0) is 13.7. The lowest BCUT2D eigenvalue weighted by molar-refractivity contribution is 0.251. The lowest BCUT2D eigenvalue weighted by Crippen LogP contribution is -2.32. The van der Waals surface area contributed by atoms with Gasteiger partial charge in [-0.1, -0.05) is 30.3 Å². The van der Waals surface area contributed by atoms with Crippen LogP contribution in [-0.2, 0) is 6.54 Å². The van der Waals surface area contributed by atoms with E-state index < -0.39 is 17.3 Å². The zero-order valence-corrected chi connectivity index (χ0v) is 9.90. The summed E-state index contributed by atoms with van der Waals surface area (Å²) >= 11 is 0. The number of urea groups is 1. The maximum Gasteiger partial charge on any atom is 0.325 e. The highest BCUT2D eigenvalue weighted by Crippen LogP contribution is 1.98. The molecular formula is C12H12N4O3. The average molecular weight is 260 g/mol. The standard InChI is InChI=1S/C12H12N4O3/c17-10-9(7-14-12(19)16-10)15-11(18)13-6-8-4-2-1-3-5-8/h1-5,7H,6H2,(H2,13,15,18)(H2,14,16,17,19). The van der Waals surface area contributed by atoms with Crippen molar-refractivity contribution >= 4 is 11.7 Å². The van der Waals surface area contributed by atoms with E-state index in [2.05, 4.69) is 15.6 Å². The van der Waals surface area contributed by atoms with Crippen molar-refractivity contribution < 1.29 is 4.79 Å². The van der Waals surface area contributed by atoms with Crippen molar-refractivity contribution in [2.24, 2.45) is 0 Å². The number of carbonyl (C=O) groups is 1. The van der Waals surface area contributed by atoms with Crippen LogP contribution in [0.4, 0.5) is 10.5 Å². The van der Waals surface area contributed by atoms with E-state index in [9.17, 15) is 14.4 Å². The van der Waals surface area contributed by atoms with Crippen LogP contribution in [0.25, 0.3) is 0 Å². The zero-order valence-electron chi connectivity index (χ0n) is 9.90. The summed E-state index contributed by atoms with van der Waals surface area (Å²) in [5.74, 6) is 0. The van der Waals surface area contributed by atoms with Gasteiger partial charge in [0.05, 0.1) is 0 Å². The molecule has 0 saturated heterocycles. The molecule has 2 aromatic rings. The second kappa shape index (κ2) is 5.67. The lowest BCUT2D eigenvalue weighted by atomic mass is 10.2. The maximum atomic E-state index is 11.6. The summed E-state index contributed by atoms with van der Waals surface area (Å²) in [6, 6.07) is 8.81. The summed E-state index contributed by atoms with van der Waals surface area (Å²) in [6.45, 7) is 0.341. The summed E-state index contributed by atoms with van der Waals surface area (Å²) in [7, 11) is 0. The van der Waals surface area contributed by atoms with Crippen LogP contribution in [0.15, 0.2) is 46.1 Å². The van der Waals surface area contributed by atoms with Gasteiger partial charge in [0.1, 0.15) is 5.69 Å². The Morgan fingerprint density at radius 2 is 1.89 bits per heavy atom. The maximum absolute atomic E-state index is 11.6. The number of aromatic amines is 2. The molecule has 0 bridgehead atoms. The molecule has 0 spiro atoms. The van der Waals surface area contributed by atoms with Crippen molar-refractivity contribution in [2.45, 2.75) is 6.54 Å². The van der Waals surface area contributed by atoms with Crippen molar-refractivity contribution in [1.29, 1.82) is 0 Å². The van der Waals surface area contributed by atoms with Gasteiger partial charge in [0.2, 0.25) is 0 Å². The van der Waals surface area contributed by atoms with Crippen molar-refractivity contribution in [2.75, 3.05) is 5.32 Å². The molecule has 0 atom stereocenters. The number of hydrogen-bond donors (Lipinski definition) is 4. The molecule has 19 heavy (non-hydrogen) atoms. The number of nitrogens with one attached hydrogen (secondary N) is 4. The first-order valence-electron chi connectivity index (χ1n) is 5.56. The molecule has 98 valence electrons. The lowest BCUT2D eigenvalue weighted by Gasteiger charge is -2.06. The molecule has 0 radical (unpaired) electrons. The van der Waals surface area contributed by atoms with E-state index in [-0.39, 0.29) is 5.69 Å². The molecule has 7 heteroatoms. The highest BCUT2D eigenvalue weighted by molar-refractivity contribution is 5.88. The van der Waals surface area contributed by atoms with Crippen molar-refractivity contribution in [1.82, 2.24) is 15.3 Å². The third-order valence-electron chi connectivity index (χ3n) is 2.36.